The van der Waals surface area contributed by atoms with Gasteiger partial charge in [0.1, 0.15) is 0 Å². The molecule has 0 unspecified atom stereocenters. The minimum absolute atomic E-state index is 0. The largest absolute Gasteiger partial charge is 0.324 e. The number of hydrogen-bond acceptors (Lipinski definition) is 2. The molecule has 1 nitrogen and oxygen atoms in total. The SMILES string of the molecule is CCSc1ccc([C@@H](N)C2CCCCC2)cc1.Cl. The lowest BCUT2D eigenvalue weighted by Crippen LogP contribution is -2.23. The Bertz CT molecular complexity index is 333. The molecule has 3 heteroatoms. The first-order valence-electron chi connectivity index (χ1n) is 6.79. The van der Waals surface area contributed by atoms with Crippen molar-refractivity contribution in [1.29, 1.82) is 0 Å². The highest BCUT2D eigenvalue weighted by atomic mass is 35.5. The van der Waals surface area contributed by atoms with E-state index in [-0.39, 0.29) is 18.4 Å². The number of benzene rings is 1. The van der Waals surface area contributed by atoms with Crippen LogP contribution in [-0.4, -0.2) is 5.75 Å². The van der Waals surface area contributed by atoms with Crippen LogP contribution in [0.5, 0.6) is 0 Å². The van der Waals surface area contributed by atoms with Crippen molar-refractivity contribution in [3.8, 4) is 0 Å². The Kier molecular flexibility index (Phi) is 7.13. The standard InChI is InChI=1S/C15H23NS.ClH/c1-2-17-14-10-8-13(9-11-14)15(16)12-6-4-3-5-7-12;/h8-12,15H,2-7,16H2,1H3;1H/t15-;/m0./s1. The highest BCUT2D eigenvalue weighted by Crippen LogP contribution is 2.33. The topological polar surface area (TPSA) is 26.0 Å². The molecule has 1 aliphatic rings. The smallest absolute Gasteiger partial charge is 0.0323 e. The van der Waals surface area contributed by atoms with E-state index in [0.717, 1.165) is 5.75 Å². The molecule has 0 aliphatic heterocycles. The minimum Gasteiger partial charge on any atom is -0.324 e. The summed E-state index contributed by atoms with van der Waals surface area (Å²) in [6.07, 6.45) is 6.75. The Morgan fingerprint density at radius 1 is 1.17 bits per heavy atom. The van der Waals surface area contributed by atoms with Crippen LogP contribution in [0.4, 0.5) is 0 Å². The Labute approximate surface area is 121 Å². The van der Waals surface area contributed by atoms with Crippen LogP contribution in [0.25, 0.3) is 0 Å². The summed E-state index contributed by atoms with van der Waals surface area (Å²) < 4.78 is 0. The van der Waals surface area contributed by atoms with Gasteiger partial charge in [0.2, 0.25) is 0 Å². The van der Waals surface area contributed by atoms with Crippen LogP contribution >= 0.6 is 24.2 Å². The highest BCUT2D eigenvalue weighted by molar-refractivity contribution is 7.99. The van der Waals surface area contributed by atoms with Gasteiger partial charge in [-0.3, -0.25) is 0 Å². The van der Waals surface area contributed by atoms with Gasteiger partial charge in [-0.1, -0.05) is 38.3 Å². The molecule has 1 fully saturated rings. The van der Waals surface area contributed by atoms with Gasteiger partial charge >= 0.3 is 0 Å². The third-order valence-corrected chi connectivity index (χ3v) is 4.63. The second-order valence-electron chi connectivity index (χ2n) is 4.93. The molecule has 0 radical (unpaired) electrons. The fraction of sp³-hybridized carbons (Fsp3) is 0.600. The first kappa shape index (κ1) is 15.9. The molecular formula is C15H24ClNS. The second kappa shape index (κ2) is 8.08. The van der Waals surface area contributed by atoms with Crippen molar-refractivity contribution in [2.45, 2.75) is 50.0 Å². The van der Waals surface area contributed by atoms with Crippen LogP contribution in [0.2, 0.25) is 0 Å². The van der Waals surface area contributed by atoms with E-state index in [1.807, 2.05) is 11.8 Å². The van der Waals surface area contributed by atoms with Gasteiger partial charge in [0.25, 0.3) is 0 Å². The second-order valence-corrected chi connectivity index (χ2v) is 6.26. The van der Waals surface area contributed by atoms with Gasteiger partial charge in [0.15, 0.2) is 0 Å². The molecule has 1 aliphatic carbocycles. The van der Waals surface area contributed by atoms with Crippen LogP contribution in [0.3, 0.4) is 0 Å². The number of halogens is 1. The molecule has 0 aromatic heterocycles. The average Bonchev–Trinajstić information content (AvgIpc) is 2.40. The lowest BCUT2D eigenvalue weighted by molar-refractivity contribution is 0.308. The van der Waals surface area contributed by atoms with E-state index >= 15 is 0 Å². The molecule has 0 bridgehead atoms. The average molecular weight is 286 g/mol. The van der Waals surface area contributed by atoms with Crippen molar-refractivity contribution in [2.75, 3.05) is 5.75 Å². The zero-order chi connectivity index (χ0) is 12.1. The molecule has 0 saturated heterocycles. The summed E-state index contributed by atoms with van der Waals surface area (Å²) in [6, 6.07) is 9.11. The van der Waals surface area contributed by atoms with Crippen LogP contribution < -0.4 is 5.73 Å². The lowest BCUT2D eigenvalue weighted by Gasteiger charge is -2.27. The van der Waals surface area contributed by atoms with Crippen LogP contribution in [0.15, 0.2) is 29.2 Å². The molecule has 1 saturated carbocycles. The summed E-state index contributed by atoms with van der Waals surface area (Å²) in [7, 11) is 0. The third kappa shape index (κ3) is 4.18. The van der Waals surface area contributed by atoms with E-state index in [1.54, 1.807) is 0 Å². The van der Waals surface area contributed by atoms with E-state index in [1.165, 1.54) is 42.6 Å². The van der Waals surface area contributed by atoms with E-state index in [4.69, 9.17) is 5.73 Å². The summed E-state index contributed by atoms with van der Waals surface area (Å²) in [5.74, 6) is 1.84. The van der Waals surface area contributed by atoms with Gasteiger partial charge in [0.05, 0.1) is 0 Å². The molecule has 0 spiro atoms. The van der Waals surface area contributed by atoms with E-state index in [0.29, 0.717) is 5.92 Å². The fourth-order valence-electron chi connectivity index (χ4n) is 2.72. The quantitative estimate of drug-likeness (QED) is 0.804. The highest BCUT2D eigenvalue weighted by Gasteiger charge is 2.21. The van der Waals surface area contributed by atoms with Crippen molar-refractivity contribution in [3.05, 3.63) is 29.8 Å². The first-order valence-corrected chi connectivity index (χ1v) is 7.78. The minimum atomic E-state index is 0. The van der Waals surface area contributed by atoms with Gasteiger partial charge in [-0.15, -0.1) is 24.2 Å². The van der Waals surface area contributed by atoms with Crippen LogP contribution in [-0.2, 0) is 0 Å². The zero-order valence-electron chi connectivity index (χ0n) is 11.1. The van der Waals surface area contributed by atoms with Gasteiger partial charge in [-0.05, 0) is 42.2 Å². The predicted octanol–water partition coefficient (Wildman–Crippen LogP) is 4.80. The number of nitrogens with two attached hydrogens (primary N) is 1. The van der Waals surface area contributed by atoms with E-state index in [9.17, 15) is 0 Å². The van der Waals surface area contributed by atoms with Gasteiger partial charge in [0, 0.05) is 10.9 Å². The van der Waals surface area contributed by atoms with Crippen molar-refractivity contribution >= 4 is 24.2 Å². The van der Waals surface area contributed by atoms with Crippen molar-refractivity contribution < 1.29 is 0 Å². The van der Waals surface area contributed by atoms with Gasteiger partial charge < -0.3 is 5.73 Å². The normalized spacial score (nSPS) is 18.1. The van der Waals surface area contributed by atoms with Crippen LogP contribution in [0.1, 0.15) is 50.6 Å². The molecule has 1 aromatic carbocycles. The van der Waals surface area contributed by atoms with E-state index in [2.05, 4.69) is 31.2 Å². The summed E-state index contributed by atoms with van der Waals surface area (Å²) in [4.78, 5) is 1.35. The predicted molar refractivity (Wildman–Crippen MR) is 83.6 cm³/mol. The maximum absolute atomic E-state index is 6.39. The first-order chi connectivity index (χ1) is 8.31. The Morgan fingerprint density at radius 2 is 1.78 bits per heavy atom. The number of rotatable bonds is 4. The number of hydrogen-bond donors (Lipinski definition) is 1. The Hall–Kier alpha value is -0.180. The van der Waals surface area contributed by atoms with E-state index < -0.39 is 0 Å². The molecule has 2 rings (SSSR count). The van der Waals surface area contributed by atoms with Crippen molar-refractivity contribution in [1.82, 2.24) is 0 Å². The molecule has 0 amide bonds. The molecule has 18 heavy (non-hydrogen) atoms. The summed E-state index contributed by atoms with van der Waals surface area (Å²) in [6.45, 7) is 2.19. The molecule has 1 aromatic rings. The molecular weight excluding hydrogens is 262 g/mol. The maximum Gasteiger partial charge on any atom is 0.0323 e. The molecule has 2 N–H and O–H groups in total. The monoisotopic (exact) mass is 285 g/mol. The Morgan fingerprint density at radius 3 is 2.33 bits per heavy atom. The summed E-state index contributed by atoms with van der Waals surface area (Å²) in [5.41, 5.74) is 7.70. The van der Waals surface area contributed by atoms with Crippen molar-refractivity contribution in [3.63, 3.8) is 0 Å². The summed E-state index contributed by atoms with van der Waals surface area (Å²) in [5, 5.41) is 0. The summed E-state index contributed by atoms with van der Waals surface area (Å²) >= 11 is 1.89. The fourth-order valence-corrected chi connectivity index (χ4v) is 3.38. The lowest BCUT2D eigenvalue weighted by atomic mass is 9.81. The zero-order valence-corrected chi connectivity index (χ0v) is 12.7. The molecule has 1 atom stereocenters. The molecule has 102 valence electrons. The molecule has 0 heterocycles. The van der Waals surface area contributed by atoms with Crippen LogP contribution in [0, 0.1) is 5.92 Å². The number of thioether (sulfide) groups is 1. The third-order valence-electron chi connectivity index (χ3n) is 3.73. The maximum atomic E-state index is 6.39. The van der Waals surface area contributed by atoms with Gasteiger partial charge in [-0.2, -0.15) is 0 Å². The Balaban J connectivity index is 0.00000162. The van der Waals surface area contributed by atoms with Gasteiger partial charge in [-0.25, -0.2) is 0 Å². The van der Waals surface area contributed by atoms with Crippen molar-refractivity contribution in [2.24, 2.45) is 11.7 Å².